The smallest absolute Gasteiger partial charge is 0.254 e. The lowest BCUT2D eigenvalue weighted by atomic mass is 10.0. The molecule has 0 saturated heterocycles. The Morgan fingerprint density at radius 1 is 1.10 bits per heavy atom. The van der Waals surface area contributed by atoms with Crippen molar-refractivity contribution in [1.29, 1.82) is 0 Å². The van der Waals surface area contributed by atoms with Crippen LogP contribution in [-0.4, -0.2) is 35.7 Å². The second-order valence-electron chi connectivity index (χ2n) is 8.03. The second kappa shape index (κ2) is 8.47. The van der Waals surface area contributed by atoms with Gasteiger partial charge in [0.1, 0.15) is 12.2 Å². The first kappa shape index (κ1) is 21.0. The van der Waals surface area contributed by atoms with E-state index >= 15 is 0 Å². The highest BCUT2D eigenvalue weighted by atomic mass is 35.5. The SMILES string of the molecule is CC(C)[C@H](NC(=O)c1ccc(Cl)cc1-n1cnnn1)c1nc2ccccc2n1C(C)C. The van der Waals surface area contributed by atoms with Crippen LogP contribution in [0.3, 0.4) is 0 Å². The molecule has 0 spiro atoms. The predicted octanol–water partition coefficient (Wildman–Crippen LogP) is 4.37. The number of rotatable bonds is 6. The summed E-state index contributed by atoms with van der Waals surface area (Å²) in [4.78, 5) is 18.3. The van der Waals surface area contributed by atoms with Crippen molar-refractivity contribution in [2.24, 2.45) is 5.92 Å². The third-order valence-corrected chi connectivity index (χ3v) is 5.41. The lowest BCUT2D eigenvalue weighted by Crippen LogP contribution is -2.34. The average molecular weight is 438 g/mol. The summed E-state index contributed by atoms with van der Waals surface area (Å²) >= 11 is 6.16. The van der Waals surface area contributed by atoms with Crippen molar-refractivity contribution in [3.8, 4) is 5.69 Å². The normalized spacial score (nSPS) is 12.6. The standard InChI is InChI=1S/C22H24ClN7O/c1-13(2)20(21-25-17-7-5-6-8-18(17)30(21)14(3)4)26-22(31)16-10-9-15(23)11-19(16)29-12-24-27-28-29/h5-14,20H,1-4H3,(H,26,31)/t20-/m0/s1. The fourth-order valence-corrected chi connectivity index (χ4v) is 3.90. The van der Waals surface area contributed by atoms with E-state index in [1.807, 2.05) is 18.2 Å². The van der Waals surface area contributed by atoms with Gasteiger partial charge in [-0.15, -0.1) is 5.10 Å². The Kier molecular flexibility index (Phi) is 5.73. The van der Waals surface area contributed by atoms with Gasteiger partial charge in [-0.05, 0) is 60.5 Å². The monoisotopic (exact) mass is 437 g/mol. The van der Waals surface area contributed by atoms with Gasteiger partial charge in [0.25, 0.3) is 5.91 Å². The summed E-state index contributed by atoms with van der Waals surface area (Å²) in [6.45, 7) is 8.37. The van der Waals surface area contributed by atoms with E-state index in [4.69, 9.17) is 16.6 Å². The zero-order chi connectivity index (χ0) is 22.1. The van der Waals surface area contributed by atoms with Crippen LogP contribution >= 0.6 is 11.6 Å². The van der Waals surface area contributed by atoms with Crippen molar-refractivity contribution in [2.45, 2.75) is 39.8 Å². The minimum atomic E-state index is -0.292. The zero-order valence-electron chi connectivity index (χ0n) is 17.8. The highest BCUT2D eigenvalue weighted by Gasteiger charge is 2.27. The molecule has 0 aliphatic carbocycles. The van der Waals surface area contributed by atoms with Crippen LogP contribution in [0.4, 0.5) is 0 Å². The molecular weight excluding hydrogens is 414 g/mol. The maximum absolute atomic E-state index is 13.4. The molecule has 0 unspecified atom stereocenters. The van der Waals surface area contributed by atoms with Gasteiger partial charge in [-0.2, -0.15) is 4.68 Å². The quantitative estimate of drug-likeness (QED) is 0.483. The lowest BCUT2D eigenvalue weighted by Gasteiger charge is -2.25. The Balaban J connectivity index is 1.75. The maximum Gasteiger partial charge on any atom is 0.254 e. The summed E-state index contributed by atoms with van der Waals surface area (Å²) in [6.07, 6.45) is 1.43. The zero-order valence-corrected chi connectivity index (χ0v) is 18.6. The van der Waals surface area contributed by atoms with Gasteiger partial charge in [-0.25, -0.2) is 4.98 Å². The summed E-state index contributed by atoms with van der Waals surface area (Å²) in [6, 6.07) is 12.9. The molecule has 31 heavy (non-hydrogen) atoms. The Morgan fingerprint density at radius 2 is 1.87 bits per heavy atom. The molecule has 2 aromatic carbocycles. The molecular formula is C22H24ClN7O. The van der Waals surface area contributed by atoms with E-state index in [0.29, 0.717) is 16.3 Å². The molecule has 160 valence electrons. The average Bonchev–Trinajstić information content (AvgIpc) is 3.39. The first-order chi connectivity index (χ1) is 14.9. The van der Waals surface area contributed by atoms with Gasteiger partial charge in [0, 0.05) is 11.1 Å². The molecule has 4 rings (SSSR count). The summed E-state index contributed by atoms with van der Waals surface area (Å²) in [7, 11) is 0. The molecule has 2 heterocycles. The van der Waals surface area contributed by atoms with Gasteiger partial charge in [0.15, 0.2) is 0 Å². The molecule has 1 N–H and O–H groups in total. The summed E-state index contributed by atoms with van der Waals surface area (Å²) in [5.41, 5.74) is 2.89. The number of nitrogens with zero attached hydrogens (tertiary/aromatic N) is 6. The number of carbonyl (C=O) groups excluding carboxylic acids is 1. The molecule has 8 nitrogen and oxygen atoms in total. The van der Waals surface area contributed by atoms with Gasteiger partial charge in [-0.3, -0.25) is 4.79 Å². The summed E-state index contributed by atoms with van der Waals surface area (Å²) in [5.74, 6) is 0.697. The van der Waals surface area contributed by atoms with Crippen LogP contribution in [0.25, 0.3) is 16.7 Å². The van der Waals surface area contributed by atoms with Crippen molar-refractivity contribution in [2.75, 3.05) is 0 Å². The number of fused-ring (bicyclic) bond motifs is 1. The topological polar surface area (TPSA) is 90.5 Å². The molecule has 2 aromatic heterocycles. The molecule has 0 aliphatic heterocycles. The van der Waals surface area contributed by atoms with Crippen LogP contribution in [0.5, 0.6) is 0 Å². The van der Waals surface area contributed by atoms with Gasteiger partial charge in [0.05, 0.1) is 28.3 Å². The van der Waals surface area contributed by atoms with Crippen molar-refractivity contribution < 1.29 is 4.79 Å². The fourth-order valence-electron chi connectivity index (χ4n) is 3.73. The number of amides is 1. The van der Waals surface area contributed by atoms with E-state index in [1.165, 1.54) is 11.0 Å². The van der Waals surface area contributed by atoms with E-state index < -0.39 is 0 Å². The second-order valence-corrected chi connectivity index (χ2v) is 8.47. The minimum absolute atomic E-state index is 0.113. The van der Waals surface area contributed by atoms with Crippen LogP contribution < -0.4 is 5.32 Å². The Labute approximate surface area is 185 Å². The van der Waals surface area contributed by atoms with Crippen molar-refractivity contribution >= 4 is 28.5 Å². The third-order valence-electron chi connectivity index (χ3n) is 5.17. The number of benzene rings is 2. The van der Waals surface area contributed by atoms with E-state index in [-0.39, 0.29) is 23.9 Å². The van der Waals surface area contributed by atoms with Gasteiger partial charge < -0.3 is 9.88 Å². The van der Waals surface area contributed by atoms with Crippen molar-refractivity contribution in [3.05, 3.63) is 65.2 Å². The molecule has 1 atom stereocenters. The van der Waals surface area contributed by atoms with Crippen LogP contribution in [0.2, 0.25) is 5.02 Å². The van der Waals surface area contributed by atoms with E-state index in [0.717, 1.165) is 16.9 Å². The number of hydrogen-bond donors (Lipinski definition) is 1. The fraction of sp³-hybridized carbons (Fsp3) is 0.318. The molecule has 1 amide bonds. The van der Waals surface area contributed by atoms with Gasteiger partial charge in [0.2, 0.25) is 0 Å². The van der Waals surface area contributed by atoms with Gasteiger partial charge >= 0.3 is 0 Å². The van der Waals surface area contributed by atoms with Crippen LogP contribution in [0.1, 0.15) is 56.0 Å². The van der Waals surface area contributed by atoms with E-state index in [1.54, 1.807) is 18.2 Å². The number of nitrogens with one attached hydrogen (secondary N) is 1. The van der Waals surface area contributed by atoms with E-state index in [2.05, 4.69) is 59.2 Å². The number of carbonyl (C=O) groups is 1. The minimum Gasteiger partial charge on any atom is -0.342 e. The van der Waals surface area contributed by atoms with Crippen LogP contribution in [0, 0.1) is 5.92 Å². The lowest BCUT2D eigenvalue weighted by molar-refractivity contribution is 0.0921. The molecule has 0 bridgehead atoms. The molecule has 4 aromatic rings. The van der Waals surface area contributed by atoms with Crippen LogP contribution in [0.15, 0.2) is 48.8 Å². The molecule has 0 saturated carbocycles. The Bertz CT molecular complexity index is 1210. The first-order valence-electron chi connectivity index (χ1n) is 10.2. The predicted molar refractivity (Wildman–Crippen MR) is 119 cm³/mol. The largest absolute Gasteiger partial charge is 0.342 e. The number of hydrogen-bond acceptors (Lipinski definition) is 5. The number of para-hydroxylation sites is 2. The highest BCUT2D eigenvalue weighted by Crippen LogP contribution is 2.29. The van der Waals surface area contributed by atoms with E-state index in [9.17, 15) is 4.79 Å². The molecule has 9 heteroatoms. The molecule has 0 fully saturated rings. The third kappa shape index (κ3) is 4.03. The Morgan fingerprint density at radius 3 is 2.55 bits per heavy atom. The first-order valence-corrected chi connectivity index (χ1v) is 10.5. The summed E-state index contributed by atoms with van der Waals surface area (Å²) in [5, 5.41) is 14.9. The highest BCUT2D eigenvalue weighted by molar-refractivity contribution is 6.31. The van der Waals surface area contributed by atoms with Gasteiger partial charge in [-0.1, -0.05) is 37.6 Å². The summed E-state index contributed by atoms with van der Waals surface area (Å²) < 4.78 is 3.61. The number of imidazole rings is 1. The molecule has 0 aliphatic rings. The number of halogens is 1. The number of tetrazole rings is 1. The molecule has 0 radical (unpaired) electrons. The number of aromatic nitrogens is 6. The van der Waals surface area contributed by atoms with Crippen LogP contribution in [-0.2, 0) is 0 Å². The Hall–Kier alpha value is -3.26. The van der Waals surface area contributed by atoms with Crippen molar-refractivity contribution in [3.63, 3.8) is 0 Å². The van der Waals surface area contributed by atoms with Crippen molar-refractivity contribution in [1.82, 2.24) is 35.1 Å². The maximum atomic E-state index is 13.4.